The van der Waals surface area contributed by atoms with Gasteiger partial charge in [-0.2, -0.15) is 5.10 Å². The summed E-state index contributed by atoms with van der Waals surface area (Å²) in [5, 5.41) is 11.0. The van der Waals surface area contributed by atoms with E-state index in [1.807, 2.05) is 0 Å². The van der Waals surface area contributed by atoms with Crippen LogP contribution in [0.2, 0.25) is 0 Å². The maximum absolute atomic E-state index is 10.8. The summed E-state index contributed by atoms with van der Waals surface area (Å²) < 4.78 is 0. The van der Waals surface area contributed by atoms with Gasteiger partial charge in [-0.15, -0.1) is 5.10 Å². The van der Waals surface area contributed by atoms with Crippen LogP contribution in [-0.2, 0) is 4.79 Å². The van der Waals surface area contributed by atoms with E-state index in [1.165, 1.54) is 11.8 Å². The van der Waals surface area contributed by atoms with Gasteiger partial charge in [-0.1, -0.05) is 11.8 Å². The molecule has 1 aliphatic heterocycles. The number of aromatic nitrogens is 2. The number of fused-ring (bicyclic) bond motifs is 1. The molecule has 5 heteroatoms. The van der Waals surface area contributed by atoms with Crippen molar-refractivity contribution in [3.05, 3.63) is 12.3 Å². The molecule has 0 radical (unpaired) electrons. The van der Waals surface area contributed by atoms with Crippen molar-refractivity contribution in [1.29, 1.82) is 0 Å². The van der Waals surface area contributed by atoms with Gasteiger partial charge in [0.15, 0.2) is 0 Å². The lowest BCUT2D eigenvalue weighted by Gasteiger charge is -2.12. The van der Waals surface area contributed by atoms with Crippen LogP contribution in [0.5, 0.6) is 0 Å². The predicted octanol–water partition coefficient (Wildman–Crippen LogP) is 0.521. The molecule has 0 unspecified atom stereocenters. The van der Waals surface area contributed by atoms with Gasteiger partial charge in [0, 0.05) is 0 Å². The molecule has 2 rings (SSSR count). The van der Waals surface area contributed by atoms with Crippen LogP contribution in [-0.4, -0.2) is 21.9 Å². The second-order valence-electron chi connectivity index (χ2n) is 2.09. The predicted molar refractivity (Wildman–Crippen MR) is 41.4 cm³/mol. The SMILES string of the molecule is O=C1CSc2nnccc2N1. The molecule has 11 heavy (non-hydrogen) atoms. The van der Waals surface area contributed by atoms with Crippen LogP contribution in [0.25, 0.3) is 0 Å². The van der Waals surface area contributed by atoms with Crippen LogP contribution in [0, 0.1) is 0 Å². The van der Waals surface area contributed by atoms with Crippen LogP contribution in [0.15, 0.2) is 17.3 Å². The van der Waals surface area contributed by atoms with E-state index in [2.05, 4.69) is 15.5 Å². The van der Waals surface area contributed by atoms with Gasteiger partial charge in [0.1, 0.15) is 5.03 Å². The minimum Gasteiger partial charge on any atom is -0.323 e. The summed E-state index contributed by atoms with van der Waals surface area (Å²) in [5.41, 5.74) is 0.765. The molecule has 0 saturated heterocycles. The van der Waals surface area contributed by atoms with Crippen LogP contribution in [0.3, 0.4) is 0 Å². The molecular weight excluding hydrogens is 162 g/mol. The zero-order valence-electron chi connectivity index (χ0n) is 5.57. The minimum atomic E-state index is 0.0236. The van der Waals surface area contributed by atoms with Gasteiger partial charge in [-0.05, 0) is 6.07 Å². The van der Waals surface area contributed by atoms with Gasteiger partial charge in [0.2, 0.25) is 5.91 Å². The van der Waals surface area contributed by atoms with Crippen molar-refractivity contribution >= 4 is 23.4 Å². The van der Waals surface area contributed by atoms with Crippen molar-refractivity contribution in [2.45, 2.75) is 5.03 Å². The number of rotatable bonds is 0. The summed E-state index contributed by atoms with van der Waals surface area (Å²) in [5.74, 6) is 0.460. The molecular formula is C6H5N3OS. The molecule has 1 aromatic rings. The zero-order valence-corrected chi connectivity index (χ0v) is 6.39. The fourth-order valence-electron chi connectivity index (χ4n) is 0.841. The number of thioether (sulfide) groups is 1. The van der Waals surface area contributed by atoms with E-state index < -0.39 is 0 Å². The number of amides is 1. The van der Waals surface area contributed by atoms with Gasteiger partial charge < -0.3 is 5.32 Å². The Hall–Kier alpha value is -1.10. The number of hydrogen-bond acceptors (Lipinski definition) is 4. The smallest absolute Gasteiger partial charge is 0.234 e. The Labute approximate surface area is 67.4 Å². The summed E-state index contributed by atoms with van der Waals surface area (Å²) in [6, 6.07) is 1.74. The standard InChI is InChI=1S/C6H5N3OS/c10-5-3-11-6-4(8-5)1-2-7-9-6/h1-2H,3H2,(H,8,10). The van der Waals surface area contributed by atoms with E-state index in [1.54, 1.807) is 12.3 Å². The molecule has 0 spiro atoms. The maximum atomic E-state index is 10.8. The first-order valence-corrected chi connectivity index (χ1v) is 4.09. The molecule has 1 aliphatic rings. The molecule has 0 bridgehead atoms. The van der Waals surface area contributed by atoms with Crippen molar-refractivity contribution in [1.82, 2.24) is 10.2 Å². The number of carbonyl (C=O) groups excluding carboxylic acids is 1. The van der Waals surface area contributed by atoms with Gasteiger partial charge in [-0.25, -0.2) is 0 Å². The van der Waals surface area contributed by atoms with Crippen molar-refractivity contribution in [3.8, 4) is 0 Å². The van der Waals surface area contributed by atoms with Crippen molar-refractivity contribution in [2.24, 2.45) is 0 Å². The third kappa shape index (κ3) is 1.19. The molecule has 0 saturated carbocycles. The fourth-order valence-corrected chi connectivity index (χ4v) is 1.56. The lowest BCUT2D eigenvalue weighted by molar-refractivity contribution is -0.113. The lowest BCUT2D eigenvalue weighted by Crippen LogP contribution is -2.19. The van der Waals surface area contributed by atoms with Gasteiger partial charge in [-0.3, -0.25) is 4.79 Å². The molecule has 56 valence electrons. The number of anilines is 1. The second kappa shape index (κ2) is 2.50. The normalized spacial score (nSPS) is 15.5. The van der Waals surface area contributed by atoms with Crippen molar-refractivity contribution in [2.75, 3.05) is 11.1 Å². The monoisotopic (exact) mass is 167 g/mol. The van der Waals surface area contributed by atoms with Crippen LogP contribution < -0.4 is 5.32 Å². The summed E-state index contributed by atoms with van der Waals surface area (Å²) in [6.07, 6.45) is 1.56. The maximum Gasteiger partial charge on any atom is 0.234 e. The summed E-state index contributed by atoms with van der Waals surface area (Å²) in [6.45, 7) is 0. The molecule has 1 N–H and O–H groups in total. The molecule has 0 fully saturated rings. The fraction of sp³-hybridized carbons (Fsp3) is 0.167. The van der Waals surface area contributed by atoms with E-state index in [9.17, 15) is 4.79 Å². The number of nitrogens with zero attached hydrogens (tertiary/aromatic N) is 2. The van der Waals surface area contributed by atoms with Gasteiger partial charge in [0.25, 0.3) is 0 Å². The third-order valence-corrected chi connectivity index (χ3v) is 2.28. The van der Waals surface area contributed by atoms with E-state index in [0.717, 1.165) is 10.7 Å². The number of carbonyl (C=O) groups is 1. The highest BCUT2D eigenvalue weighted by atomic mass is 32.2. The Kier molecular flexibility index (Phi) is 1.50. The Morgan fingerprint density at radius 2 is 2.55 bits per heavy atom. The van der Waals surface area contributed by atoms with Crippen LogP contribution in [0.1, 0.15) is 0 Å². The van der Waals surface area contributed by atoms with Gasteiger partial charge in [0.05, 0.1) is 17.6 Å². The highest BCUT2D eigenvalue weighted by Gasteiger charge is 2.15. The first-order chi connectivity index (χ1) is 5.36. The molecule has 0 aliphatic carbocycles. The number of hydrogen-bond donors (Lipinski definition) is 1. The molecule has 0 aromatic carbocycles. The molecule has 2 heterocycles. The first kappa shape index (κ1) is 6.60. The van der Waals surface area contributed by atoms with Crippen LogP contribution >= 0.6 is 11.8 Å². The largest absolute Gasteiger partial charge is 0.323 e. The molecule has 1 aromatic heterocycles. The lowest BCUT2D eigenvalue weighted by atomic mass is 10.4. The van der Waals surface area contributed by atoms with Crippen LogP contribution in [0.4, 0.5) is 5.69 Å². The van der Waals surface area contributed by atoms with E-state index in [0.29, 0.717) is 5.75 Å². The Balaban J connectivity index is 2.41. The quantitative estimate of drug-likeness (QED) is 0.612. The summed E-state index contributed by atoms with van der Waals surface area (Å²) in [4.78, 5) is 10.8. The highest BCUT2D eigenvalue weighted by molar-refractivity contribution is 8.00. The zero-order chi connectivity index (χ0) is 7.68. The summed E-state index contributed by atoms with van der Waals surface area (Å²) in [7, 11) is 0. The van der Waals surface area contributed by atoms with E-state index >= 15 is 0 Å². The third-order valence-electron chi connectivity index (χ3n) is 1.30. The first-order valence-electron chi connectivity index (χ1n) is 3.10. The Morgan fingerprint density at radius 1 is 1.64 bits per heavy atom. The average Bonchev–Trinajstić information content (AvgIpc) is 2.04. The van der Waals surface area contributed by atoms with Crippen molar-refractivity contribution in [3.63, 3.8) is 0 Å². The van der Waals surface area contributed by atoms with Crippen molar-refractivity contribution < 1.29 is 4.79 Å². The second-order valence-corrected chi connectivity index (χ2v) is 3.05. The Morgan fingerprint density at radius 3 is 3.45 bits per heavy atom. The average molecular weight is 167 g/mol. The Bertz CT molecular complexity index is 302. The topological polar surface area (TPSA) is 54.9 Å². The minimum absolute atomic E-state index is 0.0236. The van der Waals surface area contributed by atoms with E-state index in [4.69, 9.17) is 0 Å². The summed E-state index contributed by atoms with van der Waals surface area (Å²) >= 11 is 1.41. The molecule has 0 atom stereocenters. The molecule has 4 nitrogen and oxygen atoms in total. The van der Waals surface area contributed by atoms with E-state index in [-0.39, 0.29) is 5.91 Å². The molecule has 1 amide bonds. The highest BCUT2D eigenvalue weighted by Crippen LogP contribution is 2.27. The van der Waals surface area contributed by atoms with Gasteiger partial charge >= 0.3 is 0 Å². The number of nitrogens with one attached hydrogen (secondary N) is 1.